The Labute approximate surface area is 131 Å². The van der Waals surface area contributed by atoms with Crippen molar-refractivity contribution in [2.45, 2.75) is 0 Å². The predicted molar refractivity (Wildman–Crippen MR) is 87.2 cm³/mol. The van der Waals surface area contributed by atoms with Gasteiger partial charge in [-0.05, 0) is 46.9 Å². The van der Waals surface area contributed by atoms with Crippen molar-refractivity contribution in [2.24, 2.45) is 5.10 Å². The van der Waals surface area contributed by atoms with Crippen molar-refractivity contribution >= 4 is 34.7 Å². The van der Waals surface area contributed by atoms with Crippen molar-refractivity contribution in [1.29, 1.82) is 0 Å². The van der Waals surface area contributed by atoms with E-state index < -0.39 is 0 Å². The highest BCUT2D eigenvalue weighted by atomic mass is 127. The fourth-order valence-corrected chi connectivity index (χ4v) is 2.10. The average molecular weight is 380 g/mol. The number of rotatable bonds is 4. The summed E-state index contributed by atoms with van der Waals surface area (Å²) in [6, 6.07) is 14.7. The van der Waals surface area contributed by atoms with E-state index in [4.69, 9.17) is 4.74 Å². The Morgan fingerprint density at radius 1 is 1.25 bits per heavy atom. The van der Waals surface area contributed by atoms with Gasteiger partial charge in [0.2, 0.25) is 0 Å². The van der Waals surface area contributed by atoms with E-state index in [1.54, 1.807) is 37.6 Å². The molecule has 0 aliphatic rings. The van der Waals surface area contributed by atoms with Gasteiger partial charge in [-0.2, -0.15) is 5.10 Å². The lowest BCUT2D eigenvalue weighted by Gasteiger charge is -2.03. The fourth-order valence-electron chi connectivity index (χ4n) is 1.57. The van der Waals surface area contributed by atoms with Gasteiger partial charge in [0.15, 0.2) is 0 Å². The first-order valence-corrected chi connectivity index (χ1v) is 7.00. The molecule has 4 nitrogen and oxygen atoms in total. The highest BCUT2D eigenvalue weighted by Gasteiger charge is 2.05. The van der Waals surface area contributed by atoms with Crippen LogP contribution in [0.4, 0.5) is 0 Å². The minimum atomic E-state index is -0.272. The second kappa shape index (κ2) is 7.04. The quantitative estimate of drug-likeness (QED) is 0.504. The number of hydrogen-bond acceptors (Lipinski definition) is 3. The van der Waals surface area contributed by atoms with Crippen LogP contribution in [-0.4, -0.2) is 19.2 Å². The standard InChI is InChI=1S/C15H13IN2O2/c1-20-13-7-4-6-11(9-13)15(19)18-17-10-12-5-2-3-8-14(12)16/h2-10H,1H3,(H,18,19)/b17-10+. The minimum Gasteiger partial charge on any atom is -0.497 e. The van der Waals surface area contributed by atoms with E-state index in [2.05, 4.69) is 33.1 Å². The minimum absolute atomic E-state index is 0.272. The van der Waals surface area contributed by atoms with Crippen molar-refractivity contribution in [1.82, 2.24) is 5.43 Å². The van der Waals surface area contributed by atoms with Crippen LogP contribution in [-0.2, 0) is 0 Å². The second-order valence-electron chi connectivity index (χ2n) is 3.95. The molecule has 0 unspecified atom stereocenters. The maximum absolute atomic E-state index is 11.9. The molecule has 2 aromatic carbocycles. The monoisotopic (exact) mass is 380 g/mol. The summed E-state index contributed by atoms with van der Waals surface area (Å²) in [7, 11) is 1.56. The summed E-state index contributed by atoms with van der Waals surface area (Å²) >= 11 is 2.22. The highest BCUT2D eigenvalue weighted by molar-refractivity contribution is 14.1. The Bertz CT molecular complexity index is 641. The first-order chi connectivity index (χ1) is 9.70. The highest BCUT2D eigenvalue weighted by Crippen LogP contribution is 2.12. The van der Waals surface area contributed by atoms with Crippen LogP contribution in [0, 0.1) is 3.57 Å². The molecular weight excluding hydrogens is 367 g/mol. The summed E-state index contributed by atoms with van der Waals surface area (Å²) in [6.45, 7) is 0. The summed E-state index contributed by atoms with van der Waals surface area (Å²) in [5.74, 6) is 0.366. The van der Waals surface area contributed by atoms with Gasteiger partial charge >= 0.3 is 0 Å². The van der Waals surface area contributed by atoms with E-state index in [9.17, 15) is 4.79 Å². The lowest BCUT2D eigenvalue weighted by Crippen LogP contribution is -2.17. The molecule has 5 heteroatoms. The Morgan fingerprint density at radius 2 is 2.05 bits per heavy atom. The van der Waals surface area contributed by atoms with Gasteiger partial charge in [0.1, 0.15) is 5.75 Å². The van der Waals surface area contributed by atoms with Crippen molar-refractivity contribution in [2.75, 3.05) is 7.11 Å². The van der Waals surface area contributed by atoms with Gasteiger partial charge < -0.3 is 4.74 Å². The maximum atomic E-state index is 11.9. The number of amides is 1. The van der Waals surface area contributed by atoms with Crippen molar-refractivity contribution in [3.63, 3.8) is 0 Å². The molecule has 0 bridgehead atoms. The number of hydrazone groups is 1. The Balaban J connectivity index is 2.03. The van der Waals surface area contributed by atoms with Gasteiger partial charge in [-0.3, -0.25) is 4.79 Å². The van der Waals surface area contributed by atoms with Gasteiger partial charge in [-0.15, -0.1) is 0 Å². The van der Waals surface area contributed by atoms with Gasteiger partial charge in [0.25, 0.3) is 5.91 Å². The topological polar surface area (TPSA) is 50.7 Å². The van der Waals surface area contributed by atoms with Crippen LogP contribution in [0.25, 0.3) is 0 Å². The van der Waals surface area contributed by atoms with Crippen molar-refractivity contribution < 1.29 is 9.53 Å². The fraction of sp³-hybridized carbons (Fsp3) is 0.0667. The van der Waals surface area contributed by atoms with E-state index in [0.717, 1.165) is 9.13 Å². The van der Waals surface area contributed by atoms with Crippen LogP contribution >= 0.6 is 22.6 Å². The number of halogens is 1. The summed E-state index contributed by atoms with van der Waals surface area (Å²) in [4.78, 5) is 11.9. The van der Waals surface area contributed by atoms with Crippen LogP contribution < -0.4 is 10.2 Å². The third kappa shape index (κ3) is 3.80. The number of nitrogens with zero attached hydrogens (tertiary/aromatic N) is 1. The molecule has 0 fully saturated rings. The molecule has 1 amide bonds. The SMILES string of the molecule is COc1cccc(C(=O)N/N=C/c2ccccc2I)c1. The average Bonchev–Trinajstić information content (AvgIpc) is 2.49. The molecule has 0 heterocycles. The van der Waals surface area contributed by atoms with Crippen molar-refractivity contribution in [3.8, 4) is 5.75 Å². The van der Waals surface area contributed by atoms with Crippen LogP contribution in [0.1, 0.15) is 15.9 Å². The van der Waals surface area contributed by atoms with Crippen LogP contribution in [0.15, 0.2) is 53.6 Å². The van der Waals surface area contributed by atoms with Gasteiger partial charge in [0.05, 0.1) is 13.3 Å². The third-order valence-electron chi connectivity index (χ3n) is 2.61. The zero-order chi connectivity index (χ0) is 14.4. The van der Waals surface area contributed by atoms with E-state index in [0.29, 0.717) is 11.3 Å². The molecule has 0 spiro atoms. The first kappa shape index (κ1) is 14.5. The number of ether oxygens (including phenoxy) is 1. The number of nitrogens with one attached hydrogen (secondary N) is 1. The maximum Gasteiger partial charge on any atom is 0.271 e. The molecule has 20 heavy (non-hydrogen) atoms. The molecule has 0 saturated carbocycles. The molecule has 2 rings (SSSR count). The molecule has 0 atom stereocenters. The number of benzene rings is 2. The first-order valence-electron chi connectivity index (χ1n) is 5.92. The lowest BCUT2D eigenvalue weighted by atomic mass is 10.2. The molecule has 0 aromatic heterocycles. The Hall–Kier alpha value is -1.89. The molecule has 0 radical (unpaired) electrons. The normalized spacial score (nSPS) is 10.5. The molecule has 0 aliphatic carbocycles. The predicted octanol–water partition coefficient (Wildman–Crippen LogP) is 3.06. The smallest absolute Gasteiger partial charge is 0.271 e. The molecule has 102 valence electrons. The third-order valence-corrected chi connectivity index (χ3v) is 3.59. The largest absolute Gasteiger partial charge is 0.497 e. The Kier molecular flexibility index (Phi) is 5.11. The van der Waals surface area contributed by atoms with Gasteiger partial charge in [-0.25, -0.2) is 5.43 Å². The number of carbonyl (C=O) groups excluding carboxylic acids is 1. The molecule has 2 aromatic rings. The van der Waals surface area contributed by atoms with Gasteiger partial charge in [0, 0.05) is 14.7 Å². The van der Waals surface area contributed by atoms with Crippen LogP contribution in [0.2, 0.25) is 0 Å². The molecular formula is C15H13IN2O2. The van der Waals surface area contributed by atoms with E-state index >= 15 is 0 Å². The van der Waals surface area contributed by atoms with Crippen molar-refractivity contribution in [3.05, 3.63) is 63.2 Å². The number of methoxy groups -OCH3 is 1. The van der Waals surface area contributed by atoms with Gasteiger partial charge in [-0.1, -0.05) is 24.3 Å². The summed E-state index contributed by atoms with van der Waals surface area (Å²) in [5.41, 5.74) is 3.96. The Morgan fingerprint density at radius 3 is 2.80 bits per heavy atom. The number of hydrogen-bond donors (Lipinski definition) is 1. The van der Waals surface area contributed by atoms with E-state index in [1.165, 1.54) is 0 Å². The zero-order valence-electron chi connectivity index (χ0n) is 10.8. The number of carbonyl (C=O) groups is 1. The molecule has 1 N–H and O–H groups in total. The van der Waals surface area contributed by atoms with E-state index in [-0.39, 0.29) is 5.91 Å². The zero-order valence-corrected chi connectivity index (χ0v) is 13.0. The van der Waals surface area contributed by atoms with Crippen LogP contribution in [0.3, 0.4) is 0 Å². The molecule has 0 saturated heterocycles. The van der Waals surface area contributed by atoms with Crippen LogP contribution in [0.5, 0.6) is 5.75 Å². The second-order valence-corrected chi connectivity index (χ2v) is 5.11. The van der Waals surface area contributed by atoms with E-state index in [1.807, 2.05) is 24.3 Å². The lowest BCUT2D eigenvalue weighted by molar-refractivity contribution is 0.0955. The summed E-state index contributed by atoms with van der Waals surface area (Å²) in [5, 5.41) is 3.96. The summed E-state index contributed by atoms with van der Waals surface area (Å²) < 4.78 is 6.15. The summed E-state index contributed by atoms with van der Waals surface area (Å²) in [6.07, 6.45) is 1.62. The molecule has 0 aliphatic heterocycles.